The van der Waals surface area contributed by atoms with Crippen molar-refractivity contribution < 1.29 is 24.9 Å². The zero-order valence-corrected chi connectivity index (χ0v) is 8.60. The van der Waals surface area contributed by atoms with Crippen LogP contribution in [0.15, 0.2) is 18.2 Å². The van der Waals surface area contributed by atoms with Crippen molar-refractivity contribution in [3.63, 3.8) is 0 Å². The number of aromatic hydroxyl groups is 1. The number of benzene rings is 1. The SMILES string of the molecule is O=C(O)Cc1c(C(=O)O)[nH]c2c(O)cccc12. The van der Waals surface area contributed by atoms with Gasteiger partial charge in [-0.1, -0.05) is 12.1 Å². The van der Waals surface area contributed by atoms with Crippen molar-refractivity contribution in [3.8, 4) is 5.75 Å². The second-order valence-corrected chi connectivity index (χ2v) is 3.55. The molecule has 2 aromatic rings. The molecule has 4 N–H and O–H groups in total. The number of para-hydroxylation sites is 1. The fourth-order valence-electron chi connectivity index (χ4n) is 1.78. The minimum Gasteiger partial charge on any atom is -0.506 e. The van der Waals surface area contributed by atoms with Gasteiger partial charge in [-0.2, -0.15) is 0 Å². The first-order valence-electron chi connectivity index (χ1n) is 4.78. The molecular weight excluding hydrogens is 226 g/mol. The first-order valence-corrected chi connectivity index (χ1v) is 4.78. The van der Waals surface area contributed by atoms with Crippen LogP contribution in [0.4, 0.5) is 0 Å². The molecule has 0 bridgehead atoms. The largest absolute Gasteiger partial charge is 0.506 e. The number of aromatic amines is 1. The lowest BCUT2D eigenvalue weighted by Crippen LogP contribution is -2.06. The molecule has 2 rings (SSSR count). The number of hydrogen-bond donors (Lipinski definition) is 4. The Hall–Kier alpha value is -2.50. The molecule has 0 atom stereocenters. The highest BCUT2D eigenvalue weighted by Gasteiger charge is 2.20. The molecule has 0 saturated carbocycles. The number of carbonyl (C=O) groups is 2. The van der Waals surface area contributed by atoms with Crippen molar-refractivity contribution in [2.45, 2.75) is 6.42 Å². The molecular formula is C11H9NO5. The zero-order valence-electron chi connectivity index (χ0n) is 8.60. The van der Waals surface area contributed by atoms with Gasteiger partial charge in [-0.15, -0.1) is 0 Å². The summed E-state index contributed by atoms with van der Waals surface area (Å²) in [7, 11) is 0. The van der Waals surface area contributed by atoms with E-state index in [-0.39, 0.29) is 22.5 Å². The molecule has 0 aliphatic rings. The summed E-state index contributed by atoms with van der Waals surface area (Å²) in [5, 5.41) is 27.7. The summed E-state index contributed by atoms with van der Waals surface area (Å²) in [5.41, 5.74) is 0.195. The fraction of sp³-hybridized carbons (Fsp3) is 0.0909. The molecule has 88 valence electrons. The molecule has 0 spiro atoms. The van der Waals surface area contributed by atoms with Crippen molar-refractivity contribution in [2.24, 2.45) is 0 Å². The summed E-state index contributed by atoms with van der Waals surface area (Å²) in [6.45, 7) is 0. The van der Waals surface area contributed by atoms with E-state index >= 15 is 0 Å². The lowest BCUT2D eigenvalue weighted by molar-refractivity contribution is -0.136. The van der Waals surface area contributed by atoms with Crippen LogP contribution in [-0.4, -0.2) is 32.2 Å². The molecule has 1 aromatic heterocycles. The second-order valence-electron chi connectivity index (χ2n) is 3.55. The Bertz CT molecular complexity index is 614. The Morgan fingerprint density at radius 1 is 1.24 bits per heavy atom. The topological polar surface area (TPSA) is 111 Å². The minimum atomic E-state index is -1.25. The smallest absolute Gasteiger partial charge is 0.352 e. The molecule has 0 aliphatic carbocycles. The van der Waals surface area contributed by atoms with Gasteiger partial charge in [-0.3, -0.25) is 4.79 Å². The molecule has 1 heterocycles. The van der Waals surface area contributed by atoms with Gasteiger partial charge in [-0.05, 0) is 6.07 Å². The van der Waals surface area contributed by atoms with Crippen molar-refractivity contribution in [1.29, 1.82) is 0 Å². The Balaban J connectivity index is 2.75. The number of aliphatic carboxylic acids is 1. The molecule has 0 radical (unpaired) electrons. The predicted octanol–water partition coefficient (Wildman–Crippen LogP) is 1.20. The number of H-pyrrole nitrogens is 1. The monoisotopic (exact) mass is 235 g/mol. The van der Waals surface area contributed by atoms with Gasteiger partial charge in [0.25, 0.3) is 0 Å². The lowest BCUT2D eigenvalue weighted by atomic mass is 10.1. The fourth-order valence-corrected chi connectivity index (χ4v) is 1.78. The van der Waals surface area contributed by atoms with E-state index in [0.717, 1.165) is 0 Å². The van der Waals surface area contributed by atoms with Gasteiger partial charge in [0, 0.05) is 10.9 Å². The van der Waals surface area contributed by atoms with Crippen LogP contribution in [0.2, 0.25) is 0 Å². The van der Waals surface area contributed by atoms with E-state index in [1.54, 1.807) is 6.07 Å². The van der Waals surface area contributed by atoms with E-state index < -0.39 is 18.4 Å². The zero-order chi connectivity index (χ0) is 12.6. The molecule has 17 heavy (non-hydrogen) atoms. The average molecular weight is 235 g/mol. The first kappa shape index (κ1) is 11.0. The van der Waals surface area contributed by atoms with Gasteiger partial charge in [0.05, 0.1) is 11.9 Å². The number of aromatic nitrogens is 1. The van der Waals surface area contributed by atoms with Crippen molar-refractivity contribution in [1.82, 2.24) is 4.98 Å². The van der Waals surface area contributed by atoms with E-state index in [1.807, 2.05) is 0 Å². The minimum absolute atomic E-state index is 0.110. The number of carboxylic acid groups (broad SMARTS) is 2. The van der Waals surface area contributed by atoms with Crippen LogP contribution < -0.4 is 0 Å². The average Bonchev–Trinajstić information content (AvgIpc) is 2.58. The molecule has 0 unspecified atom stereocenters. The van der Waals surface area contributed by atoms with Crippen LogP contribution >= 0.6 is 0 Å². The number of nitrogens with one attached hydrogen (secondary N) is 1. The standard InChI is InChI=1S/C11H9NO5/c13-7-3-1-2-5-6(4-8(14)15)10(11(16)17)12-9(5)7/h1-3,12-13H,4H2,(H,14,15)(H,16,17). The second kappa shape index (κ2) is 3.82. The summed E-state index contributed by atoms with van der Waals surface area (Å²) in [6, 6.07) is 4.49. The van der Waals surface area contributed by atoms with Crippen LogP contribution in [0.3, 0.4) is 0 Å². The Morgan fingerprint density at radius 3 is 2.53 bits per heavy atom. The summed E-state index contributed by atoms with van der Waals surface area (Å²) in [6.07, 6.45) is -0.412. The number of hydrogen-bond acceptors (Lipinski definition) is 3. The van der Waals surface area contributed by atoms with Crippen LogP contribution in [0.25, 0.3) is 10.9 Å². The summed E-state index contributed by atoms with van der Waals surface area (Å²) in [5.74, 6) is -2.49. The molecule has 1 aromatic carbocycles. The highest BCUT2D eigenvalue weighted by molar-refractivity contribution is 6.01. The maximum atomic E-state index is 11.0. The van der Waals surface area contributed by atoms with Crippen LogP contribution in [-0.2, 0) is 11.2 Å². The van der Waals surface area contributed by atoms with Gasteiger partial charge >= 0.3 is 11.9 Å². The van der Waals surface area contributed by atoms with Crippen molar-refractivity contribution >= 4 is 22.8 Å². The molecule has 0 amide bonds. The lowest BCUT2D eigenvalue weighted by Gasteiger charge is -1.97. The highest BCUT2D eigenvalue weighted by Crippen LogP contribution is 2.29. The molecule has 6 heteroatoms. The molecule has 0 fully saturated rings. The third-order valence-electron chi connectivity index (χ3n) is 2.46. The number of aromatic carboxylic acids is 1. The van der Waals surface area contributed by atoms with Crippen molar-refractivity contribution in [2.75, 3.05) is 0 Å². The van der Waals surface area contributed by atoms with E-state index in [0.29, 0.717) is 5.39 Å². The molecule has 6 nitrogen and oxygen atoms in total. The van der Waals surface area contributed by atoms with Crippen LogP contribution in [0, 0.1) is 0 Å². The van der Waals surface area contributed by atoms with Crippen LogP contribution in [0.1, 0.15) is 16.1 Å². The normalized spacial score (nSPS) is 10.6. The first-order chi connectivity index (χ1) is 8.00. The van der Waals surface area contributed by atoms with Gasteiger partial charge < -0.3 is 20.3 Å². The van der Waals surface area contributed by atoms with Gasteiger partial charge in [0.1, 0.15) is 11.4 Å². The Labute approximate surface area is 95.1 Å². The number of phenolic OH excluding ortho intramolecular Hbond substituents is 1. The maximum Gasteiger partial charge on any atom is 0.352 e. The van der Waals surface area contributed by atoms with E-state index in [9.17, 15) is 14.7 Å². The van der Waals surface area contributed by atoms with Gasteiger partial charge in [0.2, 0.25) is 0 Å². The summed E-state index contributed by atoms with van der Waals surface area (Å²) < 4.78 is 0. The molecule has 0 saturated heterocycles. The van der Waals surface area contributed by atoms with Gasteiger partial charge in [-0.25, -0.2) is 4.79 Å². The summed E-state index contributed by atoms with van der Waals surface area (Å²) in [4.78, 5) is 24.2. The number of fused-ring (bicyclic) bond motifs is 1. The third kappa shape index (κ3) is 1.80. The quantitative estimate of drug-likeness (QED) is 0.638. The third-order valence-corrected chi connectivity index (χ3v) is 2.46. The Kier molecular flexibility index (Phi) is 2.47. The Morgan fingerprint density at radius 2 is 1.94 bits per heavy atom. The number of rotatable bonds is 3. The predicted molar refractivity (Wildman–Crippen MR) is 58.3 cm³/mol. The summed E-state index contributed by atoms with van der Waals surface area (Å²) >= 11 is 0. The molecule has 0 aliphatic heterocycles. The highest BCUT2D eigenvalue weighted by atomic mass is 16.4. The van der Waals surface area contributed by atoms with E-state index in [4.69, 9.17) is 10.2 Å². The van der Waals surface area contributed by atoms with E-state index in [2.05, 4.69) is 4.98 Å². The van der Waals surface area contributed by atoms with E-state index in [1.165, 1.54) is 12.1 Å². The number of phenols is 1. The van der Waals surface area contributed by atoms with Crippen LogP contribution in [0.5, 0.6) is 5.75 Å². The number of carboxylic acids is 2. The van der Waals surface area contributed by atoms with Gasteiger partial charge in [0.15, 0.2) is 0 Å². The van der Waals surface area contributed by atoms with Crippen molar-refractivity contribution in [3.05, 3.63) is 29.5 Å². The maximum absolute atomic E-state index is 11.0.